The zero-order valence-electron chi connectivity index (χ0n) is 16.5. The van der Waals surface area contributed by atoms with E-state index < -0.39 is 11.0 Å². The van der Waals surface area contributed by atoms with Crippen LogP contribution >= 0.6 is 0 Å². The third-order valence-electron chi connectivity index (χ3n) is 5.25. The van der Waals surface area contributed by atoms with Crippen LogP contribution in [0.5, 0.6) is 0 Å². The number of Topliss-reactive ketones (excluding diaryl/α,β-unsaturated/α-hetero) is 1. The van der Waals surface area contributed by atoms with E-state index in [2.05, 4.69) is 0 Å². The van der Waals surface area contributed by atoms with E-state index in [4.69, 9.17) is 4.74 Å². The van der Waals surface area contributed by atoms with Crippen molar-refractivity contribution in [2.24, 2.45) is 5.92 Å². The van der Waals surface area contributed by atoms with Crippen LogP contribution in [-0.2, 0) is 9.53 Å². The zero-order chi connectivity index (χ0) is 21.0. The largest absolute Gasteiger partial charge is 0.454 e. The van der Waals surface area contributed by atoms with Gasteiger partial charge in [-0.05, 0) is 32.8 Å². The second-order valence-corrected chi connectivity index (χ2v) is 7.32. The van der Waals surface area contributed by atoms with E-state index in [9.17, 15) is 19.7 Å². The van der Waals surface area contributed by atoms with Crippen molar-refractivity contribution >= 4 is 23.1 Å². The van der Waals surface area contributed by atoms with Gasteiger partial charge in [-0.25, -0.2) is 0 Å². The molecule has 0 spiro atoms. The number of para-hydroxylation sites is 2. The first-order valence-electron chi connectivity index (χ1n) is 9.66. The van der Waals surface area contributed by atoms with Crippen molar-refractivity contribution in [1.82, 2.24) is 0 Å². The van der Waals surface area contributed by atoms with Crippen molar-refractivity contribution in [1.29, 1.82) is 0 Å². The zero-order valence-corrected chi connectivity index (χ0v) is 16.5. The third kappa shape index (κ3) is 4.80. The number of rotatable bonds is 6. The minimum absolute atomic E-state index is 0.0610. The van der Waals surface area contributed by atoms with E-state index in [-0.39, 0.29) is 23.4 Å². The van der Waals surface area contributed by atoms with Gasteiger partial charge in [0.2, 0.25) is 5.78 Å². The molecule has 0 aromatic heterocycles. The molecule has 7 nitrogen and oxygen atoms in total. The maximum Gasteiger partial charge on any atom is 0.309 e. The van der Waals surface area contributed by atoms with E-state index >= 15 is 0 Å². The number of esters is 1. The number of carbonyl (C=O) groups is 2. The van der Waals surface area contributed by atoms with Gasteiger partial charge in [-0.1, -0.05) is 42.0 Å². The summed E-state index contributed by atoms with van der Waals surface area (Å²) in [6, 6.07) is 13.8. The van der Waals surface area contributed by atoms with E-state index in [1.54, 1.807) is 37.3 Å². The van der Waals surface area contributed by atoms with Crippen LogP contribution in [0, 0.1) is 23.0 Å². The highest BCUT2D eigenvalue weighted by Gasteiger charge is 2.31. The van der Waals surface area contributed by atoms with Gasteiger partial charge in [0.1, 0.15) is 5.69 Å². The summed E-state index contributed by atoms with van der Waals surface area (Å²) in [4.78, 5) is 37.7. The Hall–Kier alpha value is -3.22. The molecule has 2 aromatic rings. The number of aryl methyl sites for hydroxylation is 1. The average Bonchev–Trinajstić information content (AvgIpc) is 2.73. The smallest absolute Gasteiger partial charge is 0.309 e. The lowest BCUT2D eigenvalue weighted by Gasteiger charge is -2.32. The minimum atomic E-state index is -0.849. The average molecular weight is 396 g/mol. The van der Waals surface area contributed by atoms with E-state index in [0.717, 1.165) is 5.56 Å². The van der Waals surface area contributed by atoms with Crippen LogP contribution in [0.3, 0.4) is 0 Å². The summed E-state index contributed by atoms with van der Waals surface area (Å²) in [5.74, 6) is -0.932. The number of anilines is 1. The molecule has 1 fully saturated rings. The van der Waals surface area contributed by atoms with E-state index in [1.165, 1.54) is 6.07 Å². The van der Waals surface area contributed by atoms with Crippen molar-refractivity contribution in [3.63, 3.8) is 0 Å². The van der Waals surface area contributed by atoms with Crippen molar-refractivity contribution < 1.29 is 19.2 Å². The standard InChI is InChI=1S/C22H24N2O5/c1-15-7-9-17(10-8-15)21(25)16(2)29-22(26)18-11-13-23(14-12-18)19-5-3-4-6-20(19)24(27)28/h3-10,16,18H,11-14H2,1-2H3/t16-/m0/s1. The summed E-state index contributed by atoms with van der Waals surface area (Å²) in [6.45, 7) is 4.56. The van der Waals surface area contributed by atoms with Gasteiger partial charge in [-0.15, -0.1) is 0 Å². The molecule has 1 heterocycles. The normalized spacial score (nSPS) is 15.6. The number of carbonyl (C=O) groups excluding carboxylic acids is 2. The fraction of sp³-hybridized carbons (Fsp3) is 0.364. The predicted octanol–water partition coefficient (Wildman–Crippen LogP) is 3.93. The fourth-order valence-corrected chi connectivity index (χ4v) is 3.52. The molecule has 29 heavy (non-hydrogen) atoms. The van der Waals surface area contributed by atoms with Crippen molar-refractivity contribution in [3.05, 3.63) is 69.8 Å². The van der Waals surface area contributed by atoms with Gasteiger partial charge in [0, 0.05) is 24.7 Å². The van der Waals surface area contributed by atoms with Crippen LogP contribution < -0.4 is 4.90 Å². The second-order valence-electron chi connectivity index (χ2n) is 7.32. The Bertz CT molecular complexity index is 902. The Morgan fingerprint density at radius 1 is 1.10 bits per heavy atom. The predicted molar refractivity (Wildman–Crippen MR) is 109 cm³/mol. The number of piperidine rings is 1. The second kappa shape index (κ2) is 8.86. The molecule has 0 aliphatic carbocycles. The lowest BCUT2D eigenvalue weighted by molar-refractivity contribution is -0.384. The summed E-state index contributed by atoms with van der Waals surface area (Å²) in [5, 5.41) is 11.2. The first-order chi connectivity index (χ1) is 13.9. The van der Waals surface area contributed by atoms with Crippen LogP contribution in [0.1, 0.15) is 35.7 Å². The number of ketones is 1. The Labute approximate surface area is 169 Å². The highest BCUT2D eigenvalue weighted by atomic mass is 16.6. The molecule has 7 heteroatoms. The van der Waals surface area contributed by atoms with Gasteiger partial charge in [-0.2, -0.15) is 0 Å². The maximum absolute atomic E-state index is 12.5. The quantitative estimate of drug-likeness (QED) is 0.318. The summed E-state index contributed by atoms with van der Waals surface area (Å²) < 4.78 is 5.42. The molecular weight excluding hydrogens is 372 g/mol. The van der Waals surface area contributed by atoms with Crippen molar-refractivity contribution in [2.45, 2.75) is 32.8 Å². The van der Waals surface area contributed by atoms with Gasteiger partial charge in [0.25, 0.3) is 5.69 Å². The minimum Gasteiger partial charge on any atom is -0.454 e. The highest BCUT2D eigenvalue weighted by Crippen LogP contribution is 2.31. The van der Waals surface area contributed by atoms with Crippen LogP contribution in [0.25, 0.3) is 0 Å². The summed E-state index contributed by atoms with van der Waals surface area (Å²) in [7, 11) is 0. The fourth-order valence-electron chi connectivity index (χ4n) is 3.52. The van der Waals surface area contributed by atoms with Gasteiger partial charge in [0.05, 0.1) is 10.8 Å². The Morgan fingerprint density at radius 2 is 1.72 bits per heavy atom. The summed E-state index contributed by atoms with van der Waals surface area (Å²) in [6.07, 6.45) is 0.200. The lowest BCUT2D eigenvalue weighted by Crippen LogP contribution is -2.38. The number of hydrogen-bond donors (Lipinski definition) is 0. The molecule has 0 unspecified atom stereocenters. The maximum atomic E-state index is 12.5. The molecule has 1 aliphatic heterocycles. The molecule has 2 aromatic carbocycles. The number of benzene rings is 2. The number of nitrogens with zero attached hydrogens (tertiary/aromatic N) is 2. The molecule has 1 aliphatic rings. The highest BCUT2D eigenvalue weighted by molar-refractivity contribution is 6.00. The van der Waals surface area contributed by atoms with E-state index in [1.807, 2.05) is 24.0 Å². The molecule has 0 N–H and O–H groups in total. The Kier molecular flexibility index (Phi) is 6.26. The first kappa shape index (κ1) is 20.5. The van der Waals surface area contributed by atoms with Gasteiger partial charge < -0.3 is 9.64 Å². The SMILES string of the molecule is Cc1ccc(C(=O)[C@H](C)OC(=O)C2CCN(c3ccccc3[N+](=O)[O-])CC2)cc1. The number of ether oxygens (including phenoxy) is 1. The molecular formula is C22H24N2O5. The Balaban J connectivity index is 1.57. The molecule has 0 amide bonds. The van der Waals surface area contributed by atoms with Gasteiger partial charge in [-0.3, -0.25) is 19.7 Å². The number of hydrogen-bond acceptors (Lipinski definition) is 6. The molecule has 3 rings (SSSR count). The van der Waals surface area contributed by atoms with Crippen molar-refractivity contribution in [3.8, 4) is 0 Å². The molecule has 1 atom stereocenters. The molecule has 1 saturated heterocycles. The lowest BCUT2D eigenvalue weighted by atomic mass is 9.96. The molecule has 152 valence electrons. The molecule has 0 bridgehead atoms. The summed E-state index contributed by atoms with van der Waals surface area (Å²) in [5.41, 5.74) is 2.19. The van der Waals surface area contributed by atoms with Crippen LogP contribution in [0.15, 0.2) is 48.5 Å². The third-order valence-corrected chi connectivity index (χ3v) is 5.25. The van der Waals surface area contributed by atoms with Crippen LogP contribution in [-0.4, -0.2) is 35.9 Å². The number of nitro groups is 1. The monoisotopic (exact) mass is 396 g/mol. The van der Waals surface area contributed by atoms with Gasteiger partial charge >= 0.3 is 5.97 Å². The van der Waals surface area contributed by atoms with Crippen LogP contribution in [0.4, 0.5) is 11.4 Å². The van der Waals surface area contributed by atoms with Crippen LogP contribution in [0.2, 0.25) is 0 Å². The summed E-state index contributed by atoms with van der Waals surface area (Å²) >= 11 is 0. The number of nitro benzene ring substituents is 1. The topological polar surface area (TPSA) is 89.8 Å². The van der Waals surface area contributed by atoms with E-state index in [0.29, 0.717) is 37.2 Å². The van der Waals surface area contributed by atoms with Gasteiger partial charge in [0.15, 0.2) is 6.10 Å². The first-order valence-corrected chi connectivity index (χ1v) is 9.66. The molecule has 0 saturated carbocycles. The Morgan fingerprint density at radius 3 is 2.34 bits per heavy atom. The van der Waals surface area contributed by atoms with Crippen molar-refractivity contribution in [2.75, 3.05) is 18.0 Å². The molecule has 0 radical (unpaired) electrons.